The van der Waals surface area contributed by atoms with E-state index in [1.54, 1.807) is 0 Å². The van der Waals surface area contributed by atoms with Crippen molar-refractivity contribution in [2.45, 2.75) is 45.1 Å². The Hall–Kier alpha value is -0.610. The van der Waals surface area contributed by atoms with Crippen LogP contribution in [-0.2, 0) is 4.79 Å². The summed E-state index contributed by atoms with van der Waals surface area (Å²) in [5.41, 5.74) is 5.98. The van der Waals surface area contributed by atoms with Crippen molar-refractivity contribution in [3.05, 3.63) is 0 Å². The van der Waals surface area contributed by atoms with E-state index in [1.165, 1.54) is 12.8 Å². The third kappa shape index (κ3) is 3.69. The van der Waals surface area contributed by atoms with E-state index in [9.17, 15) is 4.79 Å². The number of nitrogens with two attached hydrogens (primary N) is 1. The van der Waals surface area contributed by atoms with E-state index in [2.05, 4.69) is 11.8 Å². The lowest BCUT2D eigenvalue weighted by atomic mass is 9.84. The Morgan fingerprint density at radius 3 is 2.56 bits per heavy atom. The van der Waals surface area contributed by atoms with Gasteiger partial charge in [-0.25, -0.2) is 0 Å². The average Bonchev–Trinajstić information content (AvgIpc) is 2.39. The normalized spacial score (nSPS) is 30.4. The highest BCUT2D eigenvalue weighted by atomic mass is 16.2. The highest BCUT2D eigenvalue weighted by Gasteiger charge is 2.25. The molecule has 2 rings (SSSR count). The molecule has 18 heavy (non-hydrogen) atoms. The summed E-state index contributed by atoms with van der Waals surface area (Å²) in [5.74, 6) is 0.885. The zero-order chi connectivity index (χ0) is 13.0. The second kappa shape index (κ2) is 6.53. The van der Waals surface area contributed by atoms with Crippen LogP contribution in [-0.4, -0.2) is 54.5 Å². The molecular weight excluding hydrogens is 226 g/mol. The minimum atomic E-state index is 0.327. The lowest BCUT2D eigenvalue weighted by Crippen LogP contribution is -2.49. The number of likely N-dealkylation sites (N-methyl/N-ethyl adjacent to an activating group) is 1. The van der Waals surface area contributed by atoms with Crippen LogP contribution in [0, 0.1) is 5.92 Å². The maximum atomic E-state index is 12.2. The molecule has 2 unspecified atom stereocenters. The molecule has 104 valence electrons. The minimum Gasteiger partial charge on any atom is -0.340 e. The van der Waals surface area contributed by atoms with Crippen molar-refractivity contribution in [2.75, 3.05) is 32.7 Å². The van der Waals surface area contributed by atoms with Crippen molar-refractivity contribution >= 4 is 5.91 Å². The highest BCUT2D eigenvalue weighted by molar-refractivity contribution is 5.76. The summed E-state index contributed by atoms with van der Waals surface area (Å²) in [6, 6.07) is 0.327. The molecule has 1 saturated carbocycles. The Kier molecular flexibility index (Phi) is 5.01. The van der Waals surface area contributed by atoms with Gasteiger partial charge in [0, 0.05) is 38.6 Å². The topological polar surface area (TPSA) is 49.6 Å². The number of carbonyl (C=O) groups is 1. The van der Waals surface area contributed by atoms with Crippen LogP contribution in [0.5, 0.6) is 0 Å². The molecule has 2 atom stereocenters. The number of rotatable bonds is 3. The van der Waals surface area contributed by atoms with Crippen molar-refractivity contribution in [1.29, 1.82) is 0 Å². The van der Waals surface area contributed by atoms with Gasteiger partial charge in [0.25, 0.3) is 0 Å². The Bertz CT molecular complexity index is 274. The highest BCUT2D eigenvalue weighted by Crippen LogP contribution is 2.26. The largest absolute Gasteiger partial charge is 0.340 e. The second-order valence-electron chi connectivity index (χ2n) is 5.81. The second-order valence-corrected chi connectivity index (χ2v) is 5.81. The van der Waals surface area contributed by atoms with Crippen LogP contribution in [0.15, 0.2) is 0 Å². The summed E-state index contributed by atoms with van der Waals surface area (Å²) >= 11 is 0. The molecular formula is C14H27N3O. The minimum absolute atomic E-state index is 0.327. The van der Waals surface area contributed by atoms with Gasteiger partial charge in [0.05, 0.1) is 0 Å². The first-order chi connectivity index (χ1) is 8.69. The van der Waals surface area contributed by atoms with Gasteiger partial charge < -0.3 is 15.5 Å². The van der Waals surface area contributed by atoms with Gasteiger partial charge in [-0.05, 0) is 31.7 Å². The van der Waals surface area contributed by atoms with E-state index in [0.29, 0.717) is 17.9 Å². The Morgan fingerprint density at radius 1 is 1.22 bits per heavy atom. The zero-order valence-electron chi connectivity index (χ0n) is 11.6. The molecule has 0 aromatic heterocycles. The number of amides is 1. The first kappa shape index (κ1) is 13.8. The van der Waals surface area contributed by atoms with E-state index < -0.39 is 0 Å². The molecule has 4 nitrogen and oxygen atoms in total. The Morgan fingerprint density at radius 2 is 1.94 bits per heavy atom. The monoisotopic (exact) mass is 253 g/mol. The molecule has 1 heterocycles. The summed E-state index contributed by atoms with van der Waals surface area (Å²) in [6.07, 6.45) is 5.29. The lowest BCUT2D eigenvalue weighted by molar-refractivity contribution is -0.134. The van der Waals surface area contributed by atoms with Crippen LogP contribution >= 0.6 is 0 Å². The molecule has 1 amide bonds. The summed E-state index contributed by atoms with van der Waals surface area (Å²) in [7, 11) is 0. The molecule has 1 aliphatic heterocycles. The molecule has 0 bridgehead atoms. The van der Waals surface area contributed by atoms with Crippen molar-refractivity contribution in [1.82, 2.24) is 9.80 Å². The summed E-state index contributed by atoms with van der Waals surface area (Å²) < 4.78 is 0. The maximum Gasteiger partial charge on any atom is 0.222 e. The average molecular weight is 253 g/mol. The molecule has 1 saturated heterocycles. The third-order valence-electron chi connectivity index (χ3n) is 4.46. The molecule has 2 aliphatic rings. The van der Waals surface area contributed by atoms with E-state index in [1.807, 2.05) is 4.90 Å². The number of nitrogens with zero attached hydrogens (tertiary/aromatic N) is 2. The van der Waals surface area contributed by atoms with E-state index >= 15 is 0 Å². The van der Waals surface area contributed by atoms with Crippen LogP contribution < -0.4 is 5.73 Å². The van der Waals surface area contributed by atoms with Gasteiger partial charge in [0.1, 0.15) is 0 Å². The quantitative estimate of drug-likeness (QED) is 0.818. The fourth-order valence-electron chi connectivity index (χ4n) is 3.21. The van der Waals surface area contributed by atoms with E-state index in [4.69, 9.17) is 5.73 Å². The van der Waals surface area contributed by atoms with Gasteiger partial charge in [-0.15, -0.1) is 0 Å². The van der Waals surface area contributed by atoms with Crippen molar-refractivity contribution in [3.8, 4) is 0 Å². The van der Waals surface area contributed by atoms with E-state index in [0.717, 1.165) is 52.0 Å². The van der Waals surface area contributed by atoms with Crippen LogP contribution in [0.25, 0.3) is 0 Å². The molecule has 0 spiro atoms. The van der Waals surface area contributed by atoms with Crippen LogP contribution in [0.4, 0.5) is 0 Å². The van der Waals surface area contributed by atoms with Gasteiger partial charge >= 0.3 is 0 Å². The number of hydrogen-bond donors (Lipinski definition) is 1. The molecule has 0 aromatic rings. The van der Waals surface area contributed by atoms with Crippen molar-refractivity contribution in [2.24, 2.45) is 11.7 Å². The van der Waals surface area contributed by atoms with Gasteiger partial charge in [0.15, 0.2) is 0 Å². The Balaban J connectivity index is 1.74. The van der Waals surface area contributed by atoms with Gasteiger partial charge in [-0.2, -0.15) is 0 Å². The summed E-state index contributed by atoms with van der Waals surface area (Å²) in [4.78, 5) is 16.7. The third-order valence-corrected chi connectivity index (χ3v) is 4.46. The summed E-state index contributed by atoms with van der Waals surface area (Å²) in [5, 5.41) is 0. The fraction of sp³-hybridized carbons (Fsp3) is 0.929. The SMILES string of the molecule is CCN1CCN(C(=O)CC2CCCC(N)C2)CC1. The standard InChI is InChI=1S/C14H27N3O/c1-2-16-6-8-17(9-7-16)14(18)11-12-4-3-5-13(15)10-12/h12-13H,2-11,15H2,1H3. The maximum absolute atomic E-state index is 12.2. The van der Waals surface area contributed by atoms with Crippen LogP contribution in [0.3, 0.4) is 0 Å². The molecule has 1 aliphatic carbocycles. The predicted molar refractivity (Wildman–Crippen MR) is 73.2 cm³/mol. The smallest absolute Gasteiger partial charge is 0.222 e. The molecule has 2 fully saturated rings. The molecule has 0 aromatic carbocycles. The van der Waals surface area contributed by atoms with Crippen molar-refractivity contribution < 1.29 is 4.79 Å². The van der Waals surface area contributed by atoms with Crippen LogP contribution in [0.1, 0.15) is 39.0 Å². The number of hydrogen-bond acceptors (Lipinski definition) is 3. The van der Waals surface area contributed by atoms with Crippen LogP contribution in [0.2, 0.25) is 0 Å². The lowest BCUT2D eigenvalue weighted by Gasteiger charge is -2.35. The predicted octanol–water partition coefficient (Wildman–Crippen LogP) is 1.06. The van der Waals surface area contributed by atoms with Crippen molar-refractivity contribution in [3.63, 3.8) is 0 Å². The Labute approximate surface area is 110 Å². The summed E-state index contributed by atoms with van der Waals surface area (Å²) in [6.45, 7) is 7.16. The molecule has 4 heteroatoms. The number of piperazine rings is 1. The first-order valence-electron chi connectivity index (χ1n) is 7.44. The molecule has 0 radical (unpaired) electrons. The number of carbonyl (C=O) groups excluding carboxylic acids is 1. The van der Waals surface area contributed by atoms with Gasteiger partial charge in [-0.1, -0.05) is 13.3 Å². The fourth-order valence-corrected chi connectivity index (χ4v) is 3.21. The van der Waals surface area contributed by atoms with E-state index in [-0.39, 0.29) is 0 Å². The zero-order valence-corrected chi connectivity index (χ0v) is 11.6. The first-order valence-corrected chi connectivity index (χ1v) is 7.44. The van der Waals surface area contributed by atoms with Gasteiger partial charge in [-0.3, -0.25) is 4.79 Å². The molecule has 2 N–H and O–H groups in total. The van der Waals surface area contributed by atoms with Gasteiger partial charge in [0.2, 0.25) is 5.91 Å².